The van der Waals surface area contributed by atoms with E-state index in [1.807, 2.05) is 32.1 Å². The highest BCUT2D eigenvalue weighted by atomic mass is 35.5. The van der Waals surface area contributed by atoms with Crippen molar-refractivity contribution in [1.29, 1.82) is 0 Å². The Hall–Kier alpha value is -3.53. The van der Waals surface area contributed by atoms with Gasteiger partial charge in [0.25, 0.3) is 5.91 Å². The van der Waals surface area contributed by atoms with E-state index in [9.17, 15) is 18.0 Å². The van der Waals surface area contributed by atoms with E-state index in [2.05, 4.69) is 20.7 Å². The molecule has 2 aromatic heterocycles. The van der Waals surface area contributed by atoms with E-state index >= 15 is 0 Å². The Morgan fingerprint density at radius 1 is 1.09 bits per heavy atom. The number of aromatic nitrogens is 3. The second-order valence-electron chi connectivity index (χ2n) is 7.65. The first-order valence-corrected chi connectivity index (χ1v) is 10.9. The van der Waals surface area contributed by atoms with Crippen LogP contribution in [0.15, 0.2) is 60.8 Å². The van der Waals surface area contributed by atoms with Crippen LogP contribution in [0.3, 0.4) is 0 Å². The molecule has 11 heteroatoms. The third-order valence-corrected chi connectivity index (χ3v) is 5.55. The molecule has 0 bridgehead atoms. The van der Waals surface area contributed by atoms with Crippen molar-refractivity contribution in [3.8, 4) is 11.3 Å². The van der Waals surface area contributed by atoms with Crippen LogP contribution in [-0.2, 0) is 6.18 Å². The van der Waals surface area contributed by atoms with Gasteiger partial charge in [-0.2, -0.15) is 22.8 Å². The van der Waals surface area contributed by atoms with Crippen LogP contribution in [0.25, 0.3) is 16.9 Å². The molecule has 2 aromatic carbocycles. The molecule has 4 rings (SSSR count). The lowest BCUT2D eigenvalue weighted by atomic mass is 10.0. The Bertz CT molecular complexity index is 1340. The van der Waals surface area contributed by atoms with E-state index in [0.29, 0.717) is 35.1 Å². The van der Waals surface area contributed by atoms with Crippen LogP contribution in [0.5, 0.6) is 0 Å². The summed E-state index contributed by atoms with van der Waals surface area (Å²) in [4.78, 5) is 17.0. The van der Waals surface area contributed by atoms with Crippen LogP contribution in [0, 0.1) is 0 Å². The third kappa shape index (κ3) is 5.01. The average Bonchev–Trinajstić information content (AvgIpc) is 3.19. The minimum Gasteiger partial charge on any atom is -0.370 e. The Morgan fingerprint density at radius 2 is 1.82 bits per heavy atom. The summed E-state index contributed by atoms with van der Waals surface area (Å²) in [5, 5.41) is 10.7. The minimum absolute atomic E-state index is 0.196. The summed E-state index contributed by atoms with van der Waals surface area (Å²) >= 11 is 6.35. The Morgan fingerprint density at radius 3 is 2.59 bits per heavy atom. The molecule has 34 heavy (non-hydrogen) atoms. The third-order valence-electron chi connectivity index (χ3n) is 5.22. The number of anilines is 1. The Balaban J connectivity index is 1.43. The molecule has 6 nitrogen and oxygen atoms in total. The van der Waals surface area contributed by atoms with Gasteiger partial charge >= 0.3 is 6.18 Å². The summed E-state index contributed by atoms with van der Waals surface area (Å²) in [6.07, 6.45) is -2.41. The first kappa shape index (κ1) is 23.6. The summed E-state index contributed by atoms with van der Waals surface area (Å²) in [5.74, 6) is -0.0790. The van der Waals surface area contributed by atoms with E-state index < -0.39 is 23.2 Å². The highest BCUT2D eigenvalue weighted by molar-refractivity contribution is 6.36. The van der Waals surface area contributed by atoms with Crippen LogP contribution in [0.4, 0.5) is 19.0 Å². The van der Waals surface area contributed by atoms with Crippen molar-refractivity contribution in [3.05, 3.63) is 76.9 Å². The standard InChI is InChI=1S/C23H20BClF3N5O/c24-17-13-31-33-20(12-19(32-21(17)33)15-7-2-4-9-18(15)25)29-10-5-11-30-22(34)14-6-1-3-8-16(14)23(26,27)28/h1-4,6-9,12-13,29H,5,10-11,24H2,(H,30,34). The van der Waals surface area contributed by atoms with Crippen LogP contribution in [-0.4, -0.2) is 41.4 Å². The van der Waals surface area contributed by atoms with Gasteiger partial charge in [0.15, 0.2) is 5.65 Å². The SMILES string of the molecule is Bc1cnn2c(NCCCNC(=O)c3ccccc3C(F)(F)F)cc(-c3ccccc3Cl)nc12. The van der Waals surface area contributed by atoms with E-state index in [4.69, 9.17) is 11.6 Å². The number of fused-ring (bicyclic) bond motifs is 1. The summed E-state index contributed by atoms with van der Waals surface area (Å²) in [7, 11) is 1.91. The lowest BCUT2D eigenvalue weighted by molar-refractivity contribution is -0.137. The fourth-order valence-corrected chi connectivity index (χ4v) is 3.77. The maximum atomic E-state index is 13.1. The van der Waals surface area contributed by atoms with Crippen molar-refractivity contribution < 1.29 is 18.0 Å². The van der Waals surface area contributed by atoms with E-state index in [-0.39, 0.29) is 6.54 Å². The molecule has 0 aliphatic carbocycles. The lowest BCUT2D eigenvalue weighted by Crippen LogP contribution is -2.28. The minimum atomic E-state index is -4.59. The molecule has 0 radical (unpaired) electrons. The molecule has 0 saturated carbocycles. The summed E-state index contributed by atoms with van der Waals surface area (Å²) in [6.45, 7) is 0.642. The van der Waals surface area contributed by atoms with Crippen molar-refractivity contribution in [1.82, 2.24) is 19.9 Å². The first-order chi connectivity index (χ1) is 16.3. The smallest absolute Gasteiger partial charge is 0.370 e. The Kier molecular flexibility index (Phi) is 6.78. The van der Waals surface area contributed by atoms with Gasteiger partial charge in [0.1, 0.15) is 13.7 Å². The number of benzene rings is 2. The first-order valence-electron chi connectivity index (χ1n) is 10.5. The van der Waals surface area contributed by atoms with Gasteiger partial charge in [0, 0.05) is 35.9 Å². The molecule has 2 heterocycles. The van der Waals surface area contributed by atoms with E-state index in [0.717, 1.165) is 17.1 Å². The number of halogens is 4. The van der Waals surface area contributed by atoms with Crippen molar-refractivity contribution in [2.24, 2.45) is 0 Å². The molecule has 0 fully saturated rings. The molecule has 0 aliphatic heterocycles. The number of amides is 1. The van der Waals surface area contributed by atoms with Gasteiger partial charge < -0.3 is 10.6 Å². The van der Waals surface area contributed by atoms with Gasteiger partial charge in [-0.05, 0) is 30.1 Å². The predicted octanol–water partition coefficient (Wildman–Crippen LogP) is 3.56. The van der Waals surface area contributed by atoms with Crippen LogP contribution in [0.1, 0.15) is 22.3 Å². The molecule has 174 valence electrons. The second-order valence-corrected chi connectivity index (χ2v) is 8.06. The highest BCUT2D eigenvalue weighted by Gasteiger charge is 2.34. The summed E-state index contributed by atoms with van der Waals surface area (Å²) in [5.41, 5.74) is 1.69. The molecular weight excluding hydrogens is 466 g/mol. The number of rotatable bonds is 7. The number of nitrogens with one attached hydrogen (secondary N) is 2. The zero-order valence-electron chi connectivity index (χ0n) is 18.2. The molecule has 4 aromatic rings. The van der Waals surface area contributed by atoms with Crippen molar-refractivity contribution in [2.75, 3.05) is 18.4 Å². The average molecular weight is 486 g/mol. The molecule has 1 amide bonds. The number of nitrogens with zero attached hydrogens (tertiary/aromatic N) is 3. The summed E-state index contributed by atoms with van der Waals surface area (Å²) in [6, 6.07) is 13.9. The van der Waals surface area contributed by atoms with Gasteiger partial charge in [-0.1, -0.05) is 41.9 Å². The second kappa shape index (κ2) is 9.76. The monoisotopic (exact) mass is 485 g/mol. The highest BCUT2D eigenvalue weighted by Crippen LogP contribution is 2.32. The molecule has 0 atom stereocenters. The molecule has 0 unspecified atom stereocenters. The number of carbonyl (C=O) groups is 1. The molecule has 0 saturated heterocycles. The fourth-order valence-electron chi connectivity index (χ4n) is 3.54. The number of carbonyl (C=O) groups excluding carboxylic acids is 1. The van der Waals surface area contributed by atoms with Gasteiger partial charge in [-0.3, -0.25) is 4.79 Å². The van der Waals surface area contributed by atoms with Crippen LogP contribution >= 0.6 is 11.6 Å². The number of alkyl halides is 3. The number of hydrogen-bond acceptors (Lipinski definition) is 4. The van der Waals surface area contributed by atoms with Gasteiger partial charge in [-0.15, -0.1) is 0 Å². The maximum absolute atomic E-state index is 13.1. The molecular formula is C23H20BClF3N5O. The predicted molar refractivity (Wildman–Crippen MR) is 128 cm³/mol. The quantitative estimate of drug-likeness (QED) is 0.310. The molecule has 0 aliphatic rings. The van der Waals surface area contributed by atoms with Crippen molar-refractivity contribution in [3.63, 3.8) is 0 Å². The van der Waals surface area contributed by atoms with E-state index in [1.54, 1.807) is 16.8 Å². The Labute approximate surface area is 199 Å². The topological polar surface area (TPSA) is 71.3 Å². The van der Waals surface area contributed by atoms with Crippen LogP contribution in [0.2, 0.25) is 5.02 Å². The summed E-state index contributed by atoms with van der Waals surface area (Å²) < 4.78 is 41.1. The zero-order chi connectivity index (χ0) is 24.3. The number of hydrogen-bond donors (Lipinski definition) is 2. The van der Waals surface area contributed by atoms with Gasteiger partial charge in [0.2, 0.25) is 0 Å². The van der Waals surface area contributed by atoms with Crippen molar-refractivity contribution >= 4 is 42.3 Å². The van der Waals surface area contributed by atoms with Crippen LogP contribution < -0.4 is 16.1 Å². The van der Waals surface area contributed by atoms with Gasteiger partial charge in [0.05, 0.1) is 16.8 Å². The maximum Gasteiger partial charge on any atom is 0.417 e. The van der Waals surface area contributed by atoms with Crippen molar-refractivity contribution in [2.45, 2.75) is 12.6 Å². The largest absolute Gasteiger partial charge is 0.417 e. The zero-order valence-corrected chi connectivity index (χ0v) is 18.9. The fraction of sp³-hybridized carbons (Fsp3) is 0.174. The lowest BCUT2D eigenvalue weighted by Gasteiger charge is -2.13. The van der Waals surface area contributed by atoms with E-state index in [1.165, 1.54) is 18.2 Å². The normalized spacial score (nSPS) is 11.5. The molecule has 2 N–H and O–H groups in total. The molecule has 0 spiro atoms. The van der Waals surface area contributed by atoms with Gasteiger partial charge in [-0.25, -0.2) is 4.98 Å².